The van der Waals surface area contributed by atoms with Crippen molar-refractivity contribution in [3.63, 3.8) is 0 Å². The van der Waals surface area contributed by atoms with Crippen molar-refractivity contribution in [1.29, 1.82) is 0 Å². The van der Waals surface area contributed by atoms with Gasteiger partial charge in [-0.25, -0.2) is 4.98 Å². The van der Waals surface area contributed by atoms with Crippen LogP contribution in [0.5, 0.6) is 0 Å². The van der Waals surface area contributed by atoms with E-state index in [1.165, 1.54) is 0 Å². The third-order valence-corrected chi connectivity index (χ3v) is 1.76. The zero-order valence-electron chi connectivity index (χ0n) is 8.26. The Bertz CT molecular complexity index is 278. The molecule has 1 heterocycles. The van der Waals surface area contributed by atoms with E-state index in [-0.39, 0.29) is 5.41 Å². The molecule has 2 nitrogen and oxygen atoms in total. The molecule has 1 rings (SSSR count). The van der Waals surface area contributed by atoms with Crippen molar-refractivity contribution in [3.05, 3.63) is 23.4 Å². The maximum atomic E-state index is 5.81. The van der Waals surface area contributed by atoms with Gasteiger partial charge in [0.05, 0.1) is 0 Å². The number of nitrogens with zero attached hydrogens (tertiary/aromatic N) is 1. The number of aromatic nitrogens is 1. The summed E-state index contributed by atoms with van der Waals surface area (Å²) in [4.78, 5) is 4.15. The molecule has 0 unspecified atom stereocenters. The van der Waals surface area contributed by atoms with Crippen LogP contribution in [0.25, 0.3) is 0 Å². The topological polar surface area (TPSA) is 24.9 Å². The molecule has 0 aliphatic rings. The molecule has 72 valence electrons. The summed E-state index contributed by atoms with van der Waals surface area (Å²) in [6.45, 7) is 7.40. The quantitative estimate of drug-likeness (QED) is 0.790. The molecule has 1 N–H and O–H groups in total. The van der Waals surface area contributed by atoms with Gasteiger partial charge in [0.2, 0.25) is 0 Å². The van der Waals surface area contributed by atoms with Gasteiger partial charge in [-0.1, -0.05) is 32.4 Å². The number of anilines is 1. The van der Waals surface area contributed by atoms with E-state index in [4.69, 9.17) is 11.6 Å². The van der Waals surface area contributed by atoms with Crippen molar-refractivity contribution in [1.82, 2.24) is 4.98 Å². The average molecular weight is 199 g/mol. The van der Waals surface area contributed by atoms with Gasteiger partial charge >= 0.3 is 0 Å². The SMILES string of the molecule is CC(C)(C)CNc1cc(Cl)ccn1. The average Bonchev–Trinajstić information content (AvgIpc) is 2.00. The molecule has 0 aliphatic carbocycles. The molecular weight excluding hydrogens is 184 g/mol. The Hall–Kier alpha value is -0.760. The third-order valence-electron chi connectivity index (χ3n) is 1.52. The monoisotopic (exact) mass is 198 g/mol. The lowest BCUT2D eigenvalue weighted by molar-refractivity contribution is 0.442. The molecule has 1 aromatic heterocycles. The van der Waals surface area contributed by atoms with Crippen molar-refractivity contribution < 1.29 is 0 Å². The minimum Gasteiger partial charge on any atom is -0.370 e. The number of nitrogens with one attached hydrogen (secondary N) is 1. The molecule has 0 aromatic carbocycles. The lowest BCUT2D eigenvalue weighted by Crippen LogP contribution is -2.19. The summed E-state index contributed by atoms with van der Waals surface area (Å²) in [5.74, 6) is 0.836. The zero-order valence-corrected chi connectivity index (χ0v) is 9.02. The van der Waals surface area contributed by atoms with Crippen LogP contribution in [-0.4, -0.2) is 11.5 Å². The van der Waals surface area contributed by atoms with E-state index in [0.717, 1.165) is 12.4 Å². The second kappa shape index (κ2) is 3.97. The first-order chi connectivity index (χ1) is 5.97. The summed E-state index contributed by atoms with van der Waals surface area (Å²) in [5.41, 5.74) is 0.254. The molecule has 0 fully saturated rings. The molecule has 0 aliphatic heterocycles. The molecular formula is C10H15ClN2. The summed E-state index contributed by atoms with van der Waals surface area (Å²) in [7, 11) is 0. The Morgan fingerprint density at radius 3 is 2.69 bits per heavy atom. The van der Waals surface area contributed by atoms with Crippen molar-refractivity contribution in [2.75, 3.05) is 11.9 Å². The van der Waals surface area contributed by atoms with Crippen LogP contribution >= 0.6 is 11.6 Å². The standard InChI is InChI=1S/C10H15ClN2/c1-10(2,3)7-13-9-6-8(11)4-5-12-9/h4-6H,7H2,1-3H3,(H,12,13). The van der Waals surface area contributed by atoms with E-state index >= 15 is 0 Å². The molecule has 1 aromatic rings. The van der Waals surface area contributed by atoms with Crippen LogP contribution in [0.2, 0.25) is 5.02 Å². The van der Waals surface area contributed by atoms with Gasteiger partial charge in [0.1, 0.15) is 5.82 Å². The fourth-order valence-corrected chi connectivity index (χ4v) is 1.02. The Morgan fingerprint density at radius 2 is 2.15 bits per heavy atom. The molecule has 0 spiro atoms. The first-order valence-electron chi connectivity index (χ1n) is 4.33. The highest BCUT2D eigenvalue weighted by Crippen LogP contribution is 2.16. The highest BCUT2D eigenvalue weighted by Gasteiger charge is 2.09. The fourth-order valence-electron chi connectivity index (χ4n) is 0.857. The molecule has 0 bridgehead atoms. The molecule has 13 heavy (non-hydrogen) atoms. The maximum absolute atomic E-state index is 5.81. The number of rotatable bonds is 2. The van der Waals surface area contributed by atoms with Crippen LogP contribution in [0.4, 0.5) is 5.82 Å². The minimum atomic E-state index is 0.254. The van der Waals surface area contributed by atoms with E-state index in [0.29, 0.717) is 5.02 Å². The van der Waals surface area contributed by atoms with Gasteiger partial charge < -0.3 is 5.32 Å². The van der Waals surface area contributed by atoms with Gasteiger partial charge in [-0.2, -0.15) is 0 Å². The molecule has 0 saturated heterocycles. The summed E-state index contributed by atoms with van der Waals surface area (Å²) < 4.78 is 0. The predicted molar refractivity (Wildman–Crippen MR) is 57.2 cm³/mol. The van der Waals surface area contributed by atoms with Crippen LogP contribution < -0.4 is 5.32 Å². The Labute approximate surface area is 84.3 Å². The van der Waals surface area contributed by atoms with Gasteiger partial charge in [0, 0.05) is 17.8 Å². The van der Waals surface area contributed by atoms with Crippen molar-refractivity contribution in [2.24, 2.45) is 5.41 Å². The summed E-state index contributed by atoms with van der Waals surface area (Å²) in [6.07, 6.45) is 1.70. The van der Waals surface area contributed by atoms with Gasteiger partial charge in [-0.3, -0.25) is 0 Å². The molecule has 3 heteroatoms. The second-order valence-corrected chi connectivity index (χ2v) is 4.71. The number of pyridine rings is 1. The largest absolute Gasteiger partial charge is 0.370 e. The van der Waals surface area contributed by atoms with Gasteiger partial charge in [-0.15, -0.1) is 0 Å². The molecule has 0 saturated carbocycles. The van der Waals surface area contributed by atoms with Crippen LogP contribution in [0.1, 0.15) is 20.8 Å². The number of halogens is 1. The Balaban J connectivity index is 2.55. The van der Waals surface area contributed by atoms with Crippen LogP contribution in [-0.2, 0) is 0 Å². The van der Waals surface area contributed by atoms with E-state index < -0.39 is 0 Å². The highest BCUT2D eigenvalue weighted by atomic mass is 35.5. The van der Waals surface area contributed by atoms with E-state index in [9.17, 15) is 0 Å². The smallest absolute Gasteiger partial charge is 0.127 e. The second-order valence-electron chi connectivity index (χ2n) is 4.27. The first kappa shape index (κ1) is 10.3. The van der Waals surface area contributed by atoms with Gasteiger partial charge in [0.15, 0.2) is 0 Å². The van der Waals surface area contributed by atoms with Gasteiger partial charge in [-0.05, 0) is 17.5 Å². The maximum Gasteiger partial charge on any atom is 0.127 e. The zero-order chi connectivity index (χ0) is 9.90. The van der Waals surface area contributed by atoms with E-state index in [1.807, 2.05) is 6.07 Å². The number of hydrogen-bond acceptors (Lipinski definition) is 2. The minimum absolute atomic E-state index is 0.254. The normalized spacial score (nSPS) is 11.4. The fraction of sp³-hybridized carbons (Fsp3) is 0.500. The lowest BCUT2D eigenvalue weighted by Gasteiger charge is -2.18. The Kier molecular flexibility index (Phi) is 3.15. The summed E-state index contributed by atoms with van der Waals surface area (Å²) in [6, 6.07) is 3.59. The first-order valence-corrected chi connectivity index (χ1v) is 4.71. The highest BCUT2D eigenvalue weighted by molar-refractivity contribution is 6.30. The third kappa shape index (κ3) is 4.13. The van der Waals surface area contributed by atoms with Crippen LogP contribution in [0, 0.1) is 5.41 Å². The molecule has 0 radical (unpaired) electrons. The summed E-state index contributed by atoms with van der Waals surface area (Å²) in [5, 5.41) is 3.94. The van der Waals surface area contributed by atoms with Crippen LogP contribution in [0.15, 0.2) is 18.3 Å². The van der Waals surface area contributed by atoms with E-state index in [1.54, 1.807) is 12.3 Å². The number of hydrogen-bond donors (Lipinski definition) is 1. The molecule has 0 amide bonds. The van der Waals surface area contributed by atoms with Gasteiger partial charge in [0.25, 0.3) is 0 Å². The lowest BCUT2D eigenvalue weighted by atomic mass is 9.97. The summed E-state index contributed by atoms with van der Waals surface area (Å²) >= 11 is 5.81. The Morgan fingerprint density at radius 1 is 1.46 bits per heavy atom. The van der Waals surface area contributed by atoms with Crippen molar-refractivity contribution in [3.8, 4) is 0 Å². The molecule has 0 atom stereocenters. The predicted octanol–water partition coefficient (Wildman–Crippen LogP) is 3.19. The van der Waals surface area contributed by atoms with E-state index in [2.05, 4.69) is 31.1 Å². The van der Waals surface area contributed by atoms with Crippen molar-refractivity contribution in [2.45, 2.75) is 20.8 Å². The van der Waals surface area contributed by atoms with Crippen molar-refractivity contribution >= 4 is 17.4 Å². The van der Waals surface area contributed by atoms with Crippen LogP contribution in [0.3, 0.4) is 0 Å².